The molecule has 2 aromatic rings. The third-order valence-corrected chi connectivity index (χ3v) is 3.06. The van der Waals surface area contributed by atoms with Crippen molar-refractivity contribution in [2.45, 2.75) is 25.7 Å². The van der Waals surface area contributed by atoms with Crippen LogP contribution in [0.25, 0.3) is 0 Å². The van der Waals surface area contributed by atoms with E-state index in [0.29, 0.717) is 12.4 Å². The van der Waals surface area contributed by atoms with Crippen molar-refractivity contribution in [1.29, 1.82) is 0 Å². The van der Waals surface area contributed by atoms with Crippen molar-refractivity contribution in [3.8, 4) is 11.5 Å². The van der Waals surface area contributed by atoms with Crippen LogP contribution in [0.2, 0.25) is 0 Å². The molecule has 0 fully saturated rings. The van der Waals surface area contributed by atoms with Crippen molar-refractivity contribution in [3.63, 3.8) is 0 Å². The first kappa shape index (κ1) is 13.5. The zero-order chi connectivity index (χ0) is 13.3. The molecule has 0 aliphatic heterocycles. The van der Waals surface area contributed by atoms with Gasteiger partial charge in [-0.25, -0.2) is 0 Å². The average Bonchev–Trinajstić information content (AvgIpc) is 2.45. The highest BCUT2D eigenvalue weighted by molar-refractivity contribution is 5.37. The molecule has 99 valence electrons. The van der Waals surface area contributed by atoms with Gasteiger partial charge in [0.15, 0.2) is 5.75 Å². The lowest BCUT2D eigenvalue weighted by Gasteiger charge is -2.06. The summed E-state index contributed by atoms with van der Waals surface area (Å²) in [6.45, 7) is 0.619. The van der Waals surface area contributed by atoms with Crippen LogP contribution in [0.3, 0.4) is 0 Å². The summed E-state index contributed by atoms with van der Waals surface area (Å²) >= 11 is 0. The number of hydrogen-bond donors (Lipinski definition) is 0. The van der Waals surface area contributed by atoms with Gasteiger partial charge >= 0.3 is 0 Å². The Balaban J connectivity index is 1.59. The van der Waals surface area contributed by atoms with Gasteiger partial charge in [0.05, 0.1) is 6.61 Å². The normalized spacial score (nSPS) is 10.3. The summed E-state index contributed by atoms with van der Waals surface area (Å²) in [7, 11) is 0. The topological polar surface area (TPSA) is 29.1 Å². The molecule has 1 radical (unpaired) electrons. The minimum Gasteiger partial charge on any atom is -0.489 e. The maximum atomic E-state index is 11.4. The van der Waals surface area contributed by atoms with E-state index in [0.717, 1.165) is 25.7 Å². The fourth-order valence-electron chi connectivity index (χ4n) is 2.00. The van der Waals surface area contributed by atoms with Crippen LogP contribution in [0.15, 0.2) is 54.6 Å². The van der Waals surface area contributed by atoms with Crippen LogP contribution in [-0.4, -0.2) is 6.61 Å². The fraction of sp³-hybridized carbons (Fsp3) is 0.294. The van der Waals surface area contributed by atoms with Crippen LogP contribution in [0, 0.1) is 0 Å². The van der Waals surface area contributed by atoms with Crippen LogP contribution >= 0.6 is 0 Å². The van der Waals surface area contributed by atoms with E-state index in [4.69, 9.17) is 4.74 Å². The third kappa shape index (κ3) is 4.66. The first-order valence-corrected chi connectivity index (χ1v) is 6.79. The Kier molecular flexibility index (Phi) is 5.30. The van der Waals surface area contributed by atoms with E-state index in [2.05, 4.69) is 24.3 Å². The van der Waals surface area contributed by atoms with Crippen molar-refractivity contribution in [2.75, 3.05) is 6.61 Å². The first-order chi connectivity index (χ1) is 9.36. The predicted octanol–water partition coefficient (Wildman–Crippen LogP) is 4.62. The van der Waals surface area contributed by atoms with Gasteiger partial charge in [0.2, 0.25) is 5.75 Å². The van der Waals surface area contributed by atoms with E-state index in [1.807, 2.05) is 12.1 Å². The molecular formula is C17H19O2. The van der Waals surface area contributed by atoms with E-state index >= 15 is 0 Å². The van der Waals surface area contributed by atoms with Crippen molar-refractivity contribution in [1.82, 2.24) is 0 Å². The zero-order valence-corrected chi connectivity index (χ0v) is 11.0. The summed E-state index contributed by atoms with van der Waals surface area (Å²) in [5, 5.41) is 11.4. The molecule has 0 N–H and O–H groups in total. The second kappa shape index (κ2) is 7.47. The van der Waals surface area contributed by atoms with Gasteiger partial charge in [-0.15, -0.1) is 0 Å². The lowest BCUT2D eigenvalue weighted by Crippen LogP contribution is -1.97. The molecular weight excluding hydrogens is 236 g/mol. The Morgan fingerprint density at radius 2 is 1.53 bits per heavy atom. The van der Waals surface area contributed by atoms with E-state index in [1.54, 1.807) is 12.1 Å². The molecule has 0 aliphatic carbocycles. The summed E-state index contributed by atoms with van der Waals surface area (Å²) in [4.78, 5) is 0. The van der Waals surface area contributed by atoms with Gasteiger partial charge in [0.1, 0.15) is 0 Å². The number of hydrogen-bond acceptors (Lipinski definition) is 1. The second-order valence-electron chi connectivity index (χ2n) is 4.59. The van der Waals surface area contributed by atoms with Crippen LogP contribution in [0.1, 0.15) is 24.8 Å². The van der Waals surface area contributed by atoms with Crippen molar-refractivity contribution >= 4 is 0 Å². The highest BCUT2D eigenvalue weighted by Gasteiger charge is 2.01. The maximum absolute atomic E-state index is 11.4. The first-order valence-electron chi connectivity index (χ1n) is 6.79. The lowest BCUT2D eigenvalue weighted by atomic mass is 10.1. The number of unbranched alkanes of at least 4 members (excludes halogenated alkanes) is 2. The van der Waals surface area contributed by atoms with Gasteiger partial charge in [-0.1, -0.05) is 42.5 Å². The molecule has 0 heterocycles. The average molecular weight is 255 g/mol. The Morgan fingerprint density at radius 1 is 0.789 bits per heavy atom. The van der Waals surface area contributed by atoms with E-state index in [-0.39, 0.29) is 5.75 Å². The quantitative estimate of drug-likeness (QED) is 0.663. The minimum absolute atomic E-state index is 0.0354. The highest BCUT2D eigenvalue weighted by Crippen LogP contribution is 2.25. The molecule has 2 nitrogen and oxygen atoms in total. The molecule has 0 amide bonds. The minimum atomic E-state index is -0.0354. The molecule has 0 spiro atoms. The molecule has 2 rings (SSSR count). The predicted molar refractivity (Wildman–Crippen MR) is 76.1 cm³/mol. The molecule has 0 bridgehead atoms. The van der Waals surface area contributed by atoms with E-state index < -0.39 is 0 Å². The number of para-hydroxylation sites is 2. The SMILES string of the molecule is [O]c1ccccc1OCCCCCc1ccccc1. The highest BCUT2D eigenvalue weighted by atomic mass is 16.5. The monoisotopic (exact) mass is 255 g/mol. The molecule has 0 saturated heterocycles. The molecule has 0 unspecified atom stereocenters. The summed E-state index contributed by atoms with van der Waals surface area (Å²) in [6.07, 6.45) is 4.38. The van der Waals surface area contributed by atoms with Crippen LogP contribution in [-0.2, 0) is 11.5 Å². The second-order valence-corrected chi connectivity index (χ2v) is 4.59. The number of benzene rings is 2. The van der Waals surface area contributed by atoms with Crippen LogP contribution in [0.5, 0.6) is 11.5 Å². The van der Waals surface area contributed by atoms with E-state index in [1.165, 1.54) is 11.6 Å². The van der Waals surface area contributed by atoms with Gasteiger partial charge in [0, 0.05) is 0 Å². The van der Waals surface area contributed by atoms with Gasteiger partial charge in [-0.05, 0) is 43.4 Å². The summed E-state index contributed by atoms with van der Waals surface area (Å²) in [5.41, 5.74) is 1.38. The number of rotatable bonds is 7. The maximum Gasteiger partial charge on any atom is 0.220 e. The summed E-state index contributed by atoms with van der Waals surface area (Å²) in [6, 6.07) is 17.3. The molecule has 0 atom stereocenters. The zero-order valence-electron chi connectivity index (χ0n) is 11.0. The van der Waals surface area contributed by atoms with Gasteiger partial charge in [-0.2, -0.15) is 0 Å². The molecule has 0 aromatic heterocycles. The van der Waals surface area contributed by atoms with Crippen LogP contribution in [0.4, 0.5) is 0 Å². The number of aryl methyl sites for hydroxylation is 1. The smallest absolute Gasteiger partial charge is 0.220 e. The molecule has 19 heavy (non-hydrogen) atoms. The van der Waals surface area contributed by atoms with Gasteiger partial charge < -0.3 is 4.74 Å². The Bertz CT molecular complexity index is 480. The Labute approximate surface area is 114 Å². The lowest BCUT2D eigenvalue weighted by molar-refractivity contribution is 0.269. The van der Waals surface area contributed by atoms with Gasteiger partial charge in [-0.3, -0.25) is 5.11 Å². The molecule has 0 saturated carbocycles. The summed E-state index contributed by atoms with van der Waals surface area (Å²) in [5.74, 6) is 0.428. The van der Waals surface area contributed by atoms with Crippen molar-refractivity contribution in [3.05, 3.63) is 60.2 Å². The van der Waals surface area contributed by atoms with Crippen molar-refractivity contribution < 1.29 is 9.84 Å². The Morgan fingerprint density at radius 3 is 2.32 bits per heavy atom. The number of ether oxygens (including phenoxy) is 1. The molecule has 0 aliphatic rings. The van der Waals surface area contributed by atoms with Crippen molar-refractivity contribution in [2.24, 2.45) is 0 Å². The van der Waals surface area contributed by atoms with Crippen LogP contribution < -0.4 is 4.74 Å². The Hall–Kier alpha value is -1.96. The van der Waals surface area contributed by atoms with E-state index in [9.17, 15) is 5.11 Å². The standard InChI is InChI=1S/C17H19O2/c18-16-12-6-7-13-17(16)19-14-8-2-5-11-15-9-3-1-4-10-15/h1,3-4,6-7,9-10,12-13H,2,5,8,11,14H2. The summed E-state index contributed by atoms with van der Waals surface area (Å²) < 4.78 is 5.48. The third-order valence-electron chi connectivity index (χ3n) is 3.06. The largest absolute Gasteiger partial charge is 0.489 e. The fourth-order valence-corrected chi connectivity index (χ4v) is 2.00. The molecule has 2 heteroatoms. The van der Waals surface area contributed by atoms with Gasteiger partial charge in [0.25, 0.3) is 0 Å². The molecule has 2 aromatic carbocycles.